The van der Waals surface area contributed by atoms with Crippen molar-refractivity contribution in [3.05, 3.63) is 58.8 Å². The quantitative estimate of drug-likeness (QED) is 0.537. The van der Waals surface area contributed by atoms with E-state index in [9.17, 15) is 4.79 Å². The molecule has 0 aliphatic carbocycles. The van der Waals surface area contributed by atoms with Gasteiger partial charge in [-0.1, -0.05) is 12.1 Å². The van der Waals surface area contributed by atoms with Crippen molar-refractivity contribution in [2.24, 2.45) is 0 Å². The highest BCUT2D eigenvalue weighted by Crippen LogP contribution is 2.35. The average molecular weight is 380 g/mol. The highest BCUT2D eigenvalue weighted by atomic mass is 32.1. The maximum Gasteiger partial charge on any atom is 0.265 e. The lowest BCUT2D eigenvalue weighted by Crippen LogP contribution is -2.36. The number of amides is 1. The van der Waals surface area contributed by atoms with Crippen LogP contribution in [0.3, 0.4) is 0 Å². The molecular weight excluding hydrogens is 364 g/mol. The fraction of sp³-hybridized carbons (Fsp3) is 0.105. The van der Waals surface area contributed by atoms with Crippen molar-refractivity contribution in [3.8, 4) is 21.1 Å². The van der Waals surface area contributed by atoms with E-state index < -0.39 is 0 Å². The molecule has 0 aliphatic heterocycles. The van der Waals surface area contributed by atoms with Gasteiger partial charge in [-0.2, -0.15) is 0 Å². The summed E-state index contributed by atoms with van der Waals surface area (Å²) in [7, 11) is 3.56. The number of aromatic nitrogens is 2. The molecule has 3 heterocycles. The number of nitrogens with one attached hydrogen (secondary N) is 1. The van der Waals surface area contributed by atoms with Crippen molar-refractivity contribution >= 4 is 39.6 Å². The van der Waals surface area contributed by atoms with Gasteiger partial charge in [0.25, 0.3) is 5.91 Å². The van der Waals surface area contributed by atoms with Crippen LogP contribution in [0.1, 0.15) is 10.4 Å². The van der Waals surface area contributed by atoms with Crippen molar-refractivity contribution < 1.29 is 4.79 Å². The van der Waals surface area contributed by atoms with E-state index in [4.69, 9.17) is 9.97 Å². The number of carbonyl (C=O) groups is 1. The molecule has 4 rings (SSSR count). The third kappa shape index (κ3) is 3.24. The maximum atomic E-state index is 12.3. The number of thiophene rings is 2. The number of hydrogen-bond donors (Lipinski definition) is 1. The Morgan fingerprint density at radius 2 is 1.54 bits per heavy atom. The predicted octanol–water partition coefficient (Wildman–Crippen LogP) is 4.29. The van der Waals surface area contributed by atoms with Gasteiger partial charge in [0.1, 0.15) is 11.4 Å². The Morgan fingerprint density at radius 1 is 0.923 bits per heavy atom. The van der Waals surface area contributed by atoms with E-state index in [-0.39, 0.29) is 5.91 Å². The van der Waals surface area contributed by atoms with Crippen LogP contribution in [0.15, 0.2) is 53.2 Å². The van der Waals surface area contributed by atoms with Crippen molar-refractivity contribution in [1.29, 1.82) is 0 Å². The van der Waals surface area contributed by atoms with Crippen LogP contribution < -0.4 is 5.43 Å². The van der Waals surface area contributed by atoms with Crippen LogP contribution in [0, 0.1) is 0 Å². The largest absolute Gasteiger partial charge is 0.285 e. The van der Waals surface area contributed by atoms with Gasteiger partial charge in [-0.25, -0.2) is 15.0 Å². The van der Waals surface area contributed by atoms with Gasteiger partial charge in [0.15, 0.2) is 0 Å². The second-order valence-corrected chi connectivity index (χ2v) is 7.81. The molecule has 1 aromatic carbocycles. The van der Waals surface area contributed by atoms with E-state index in [1.165, 1.54) is 0 Å². The summed E-state index contributed by atoms with van der Waals surface area (Å²) in [5.41, 5.74) is 6.51. The summed E-state index contributed by atoms with van der Waals surface area (Å²) < 4.78 is 0. The zero-order valence-corrected chi connectivity index (χ0v) is 15.9. The Labute approximate surface area is 158 Å². The van der Waals surface area contributed by atoms with E-state index in [0.29, 0.717) is 11.1 Å². The van der Waals surface area contributed by atoms with Gasteiger partial charge in [0.2, 0.25) is 0 Å². The Kier molecular flexibility index (Phi) is 4.50. The van der Waals surface area contributed by atoms with Gasteiger partial charge in [-0.15, -0.1) is 22.7 Å². The van der Waals surface area contributed by atoms with Crippen LogP contribution in [0.5, 0.6) is 0 Å². The third-order valence-corrected chi connectivity index (χ3v) is 5.51. The first kappa shape index (κ1) is 16.8. The second-order valence-electron chi connectivity index (χ2n) is 5.91. The van der Waals surface area contributed by atoms with Gasteiger partial charge in [-0.3, -0.25) is 10.2 Å². The molecule has 0 spiro atoms. The molecule has 0 saturated heterocycles. The first-order valence-electron chi connectivity index (χ1n) is 7.99. The minimum atomic E-state index is -0.168. The monoisotopic (exact) mass is 380 g/mol. The zero-order chi connectivity index (χ0) is 18.1. The highest BCUT2D eigenvalue weighted by Gasteiger charge is 2.16. The van der Waals surface area contributed by atoms with E-state index >= 15 is 0 Å². The molecule has 0 bridgehead atoms. The number of rotatable bonds is 4. The molecule has 130 valence electrons. The van der Waals surface area contributed by atoms with Gasteiger partial charge in [0.05, 0.1) is 20.8 Å². The van der Waals surface area contributed by atoms with Crippen LogP contribution >= 0.6 is 22.7 Å². The Hall–Kier alpha value is -2.61. The minimum absolute atomic E-state index is 0.168. The van der Waals surface area contributed by atoms with Crippen LogP contribution in [-0.2, 0) is 0 Å². The molecule has 7 heteroatoms. The first-order chi connectivity index (χ1) is 12.6. The van der Waals surface area contributed by atoms with E-state index in [1.807, 2.05) is 35.0 Å². The van der Waals surface area contributed by atoms with E-state index in [1.54, 1.807) is 53.9 Å². The topological polar surface area (TPSA) is 58.1 Å². The molecule has 5 nitrogen and oxygen atoms in total. The number of carbonyl (C=O) groups excluding carboxylic acids is 1. The normalized spacial score (nSPS) is 11.2. The Morgan fingerprint density at radius 3 is 2.08 bits per heavy atom. The summed E-state index contributed by atoms with van der Waals surface area (Å²) in [4.78, 5) is 24.1. The molecule has 1 amide bonds. The maximum absolute atomic E-state index is 12.3. The van der Waals surface area contributed by atoms with Crippen molar-refractivity contribution in [3.63, 3.8) is 0 Å². The number of hydrazine groups is 1. The molecular formula is C19H16N4OS2. The van der Waals surface area contributed by atoms with Crippen LogP contribution in [0.2, 0.25) is 0 Å². The summed E-state index contributed by atoms with van der Waals surface area (Å²) in [5, 5.41) is 5.68. The molecule has 0 atom stereocenters. The molecule has 0 unspecified atom stereocenters. The van der Waals surface area contributed by atoms with E-state index in [0.717, 1.165) is 26.7 Å². The Balaban J connectivity index is 1.88. The lowest BCUT2D eigenvalue weighted by Gasteiger charge is -2.12. The molecule has 1 N–H and O–H groups in total. The lowest BCUT2D eigenvalue weighted by molar-refractivity contribution is 0.0857. The average Bonchev–Trinajstić information content (AvgIpc) is 3.33. The molecule has 4 aromatic rings. The summed E-state index contributed by atoms with van der Waals surface area (Å²) in [6.45, 7) is 0. The fourth-order valence-electron chi connectivity index (χ4n) is 2.63. The summed E-state index contributed by atoms with van der Waals surface area (Å²) in [6, 6.07) is 13.5. The number of nitrogens with zero attached hydrogens (tertiary/aromatic N) is 3. The predicted molar refractivity (Wildman–Crippen MR) is 107 cm³/mol. The smallest absolute Gasteiger partial charge is 0.265 e. The fourth-order valence-corrected chi connectivity index (χ4v) is 4.06. The minimum Gasteiger partial charge on any atom is -0.285 e. The summed E-state index contributed by atoms with van der Waals surface area (Å²) in [5.74, 6) is -0.168. The van der Waals surface area contributed by atoms with Crippen LogP contribution in [0.4, 0.5) is 0 Å². The van der Waals surface area contributed by atoms with Crippen LogP contribution in [-0.4, -0.2) is 35.0 Å². The summed E-state index contributed by atoms with van der Waals surface area (Å²) in [6.07, 6.45) is 0. The third-order valence-electron chi connectivity index (χ3n) is 3.76. The van der Waals surface area contributed by atoms with Crippen molar-refractivity contribution in [1.82, 2.24) is 20.4 Å². The van der Waals surface area contributed by atoms with E-state index in [2.05, 4.69) is 11.5 Å². The number of fused-ring (bicyclic) bond motifs is 1. The molecule has 0 aliphatic rings. The molecule has 0 fully saturated rings. The SMILES string of the molecule is CN(C)NC(=O)c1ccc2nc(-c3cccs3)c(-c3cccs3)nc2c1. The zero-order valence-electron chi connectivity index (χ0n) is 14.3. The molecule has 26 heavy (non-hydrogen) atoms. The molecule has 0 saturated carbocycles. The Bertz CT molecular complexity index is 1060. The standard InChI is InChI=1S/C19H16N4OS2/c1-23(2)22-19(24)12-7-8-13-14(11-12)21-18(16-6-4-10-26-16)17(20-13)15-5-3-9-25-15/h3-11H,1-2H3,(H,22,24). The van der Waals surface area contributed by atoms with Gasteiger partial charge in [-0.05, 0) is 41.1 Å². The second kappa shape index (κ2) is 6.95. The van der Waals surface area contributed by atoms with Crippen LogP contribution in [0.25, 0.3) is 32.2 Å². The summed E-state index contributed by atoms with van der Waals surface area (Å²) >= 11 is 3.27. The number of hydrogen-bond acceptors (Lipinski definition) is 6. The van der Waals surface area contributed by atoms with Gasteiger partial charge < -0.3 is 0 Å². The highest BCUT2D eigenvalue weighted by molar-refractivity contribution is 7.14. The van der Waals surface area contributed by atoms with Crippen molar-refractivity contribution in [2.45, 2.75) is 0 Å². The van der Waals surface area contributed by atoms with Crippen molar-refractivity contribution in [2.75, 3.05) is 14.1 Å². The van der Waals surface area contributed by atoms with Gasteiger partial charge in [0, 0.05) is 19.7 Å². The lowest BCUT2D eigenvalue weighted by atomic mass is 10.1. The number of benzene rings is 1. The van der Waals surface area contributed by atoms with Gasteiger partial charge >= 0.3 is 0 Å². The molecule has 3 aromatic heterocycles. The molecule has 0 radical (unpaired) electrons. The first-order valence-corrected chi connectivity index (χ1v) is 9.75.